The lowest BCUT2D eigenvalue weighted by atomic mass is 10.1. The zero-order valence-corrected chi connectivity index (χ0v) is 7.91. The van der Waals surface area contributed by atoms with Gasteiger partial charge in [-0.15, -0.1) is 0 Å². The van der Waals surface area contributed by atoms with Gasteiger partial charge in [-0.1, -0.05) is 6.07 Å². The number of fused-ring (bicyclic) bond motifs is 1. The molecular formula is C10H14N2O. The number of aryl methyl sites for hydroxylation is 1. The van der Waals surface area contributed by atoms with Gasteiger partial charge < -0.3 is 15.3 Å². The molecule has 0 aliphatic carbocycles. The Kier molecular flexibility index (Phi) is 1.88. The maximum Gasteiger partial charge on any atom is 0.144 e. The van der Waals surface area contributed by atoms with Gasteiger partial charge >= 0.3 is 0 Å². The van der Waals surface area contributed by atoms with Crippen LogP contribution in [0, 0.1) is 6.92 Å². The zero-order valence-electron chi connectivity index (χ0n) is 7.91. The van der Waals surface area contributed by atoms with Crippen LogP contribution in [0.25, 0.3) is 0 Å². The van der Waals surface area contributed by atoms with Crippen LogP contribution in [0.15, 0.2) is 18.2 Å². The van der Waals surface area contributed by atoms with Crippen LogP contribution in [0.1, 0.15) is 5.56 Å². The third-order valence-corrected chi connectivity index (χ3v) is 2.45. The Morgan fingerprint density at radius 1 is 1.54 bits per heavy atom. The van der Waals surface area contributed by atoms with Gasteiger partial charge in [0.05, 0.1) is 17.9 Å². The molecule has 0 radical (unpaired) electrons. The van der Waals surface area contributed by atoms with Crippen molar-refractivity contribution >= 4 is 11.4 Å². The number of aliphatic hydroxyl groups excluding tert-OH is 1. The van der Waals surface area contributed by atoms with Gasteiger partial charge in [0.2, 0.25) is 0 Å². The SMILES string of the molecule is Cc1ccc2c(c1)NCC(O)N2C. The Morgan fingerprint density at radius 2 is 2.31 bits per heavy atom. The number of aliphatic hydroxyl groups is 1. The Hall–Kier alpha value is -1.22. The van der Waals surface area contributed by atoms with Gasteiger partial charge in [-0.25, -0.2) is 0 Å². The molecule has 0 aromatic heterocycles. The summed E-state index contributed by atoms with van der Waals surface area (Å²) in [4.78, 5) is 1.88. The first kappa shape index (κ1) is 8.38. The first-order chi connectivity index (χ1) is 6.18. The third kappa shape index (κ3) is 1.35. The zero-order chi connectivity index (χ0) is 9.42. The van der Waals surface area contributed by atoms with Crippen LogP contribution >= 0.6 is 0 Å². The standard InChI is InChI=1S/C10H14N2O/c1-7-3-4-9-8(5-7)11-6-10(13)12(9)2/h3-5,10-11,13H,6H2,1-2H3. The predicted molar refractivity (Wildman–Crippen MR) is 54.1 cm³/mol. The normalized spacial score (nSPS) is 20.8. The number of hydrogen-bond acceptors (Lipinski definition) is 3. The molecule has 1 atom stereocenters. The summed E-state index contributed by atoms with van der Waals surface area (Å²) in [5.74, 6) is 0. The number of nitrogens with zero attached hydrogens (tertiary/aromatic N) is 1. The molecule has 2 rings (SSSR count). The molecule has 1 unspecified atom stereocenters. The number of β-amino-alcohol motifs (C(OH)–C–C–N with tert-alkyl or cyclic N) is 1. The fourth-order valence-corrected chi connectivity index (χ4v) is 1.60. The van der Waals surface area contributed by atoms with Crippen molar-refractivity contribution in [2.45, 2.75) is 13.2 Å². The number of rotatable bonds is 0. The van der Waals surface area contributed by atoms with E-state index >= 15 is 0 Å². The monoisotopic (exact) mass is 178 g/mol. The van der Waals surface area contributed by atoms with E-state index in [0.29, 0.717) is 6.54 Å². The van der Waals surface area contributed by atoms with E-state index in [9.17, 15) is 5.11 Å². The van der Waals surface area contributed by atoms with E-state index in [0.717, 1.165) is 11.4 Å². The van der Waals surface area contributed by atoms with E-state index in [2.05, 4.69) is 24.4 Å². The minimum atomic E-state index is -0.421. The van der Waals surface area contributed by atoms with Gasteiger partial charge in [0.25, 0.3) is 0 Å². The summed E-state index contributed by atoms with van der Waals surface area (Å²) in [7, 11) is 1.90. The molecule has 3 heteroatoms. The van der Waals surface area contributed by atoms with E-state index in [1.807, 2.05) is 18.0 Å². The summed E-state index contributed by atoms with van der Waals surface area (Å²) < 4.78 is 0. The van der Waals surface area contributed by atoms with Crippen LogP contribution in [0.2, 0.25) is 0 Å². The second kappa shape index (κ2) is 2.92. The molecule has 0 spiro atoms. The highest BCUT2D eigenvalue weighted by Crippen LogP contribution is 2.30. The summed E-state index contributed by atoms with van der Waals surface area (Å²) in [5, 5.41) is 12.7. The van der Waals surface area contributed by atoms with Crippen molar-refractivity contribution in [2.24, 2.45) is 0 Å². The predicted octanol–water partition coefficient (Wildman–Crippen LogP) is 1.18. The van der Waals surface area contributed by atoms with Crippen LogP contribution in [0.4, 0.5) is 11.4 Å². The van der Waals surface area contributed by atoms with Gasteiger partial charge in [0.1, 0.15) is 6.23 Å². The summed E-state index contributed by atoms with van der Waals surface area (Å²) >= 11 is 0. The van der Waals surface area contributed by atoms with Crippen molar-refractivity contribution in [3.05, 3.63) is 23.8 Å². The smallest absolute Gasteiger partial charge is 0.144 e. The highest BCUT2D eigenvalue weighted by molar-refractivity contribution is 5.72. The van der Waals surface area contributed by atoms with Crippen molar-refractivity contribution in [1.82, 2.24) is 0 Å². The first-order valence-electron chi connectivity index (χ1n) is 4.44. The second-order valence-electron chi connectivity index (χ2n) is 3.49. The molecule has 0 bridgehead atoms. The van der Waals surface area contributed by atoms with Gasteiger partial charge in [-0.2, -0.15) is 0 Å². The molecule has 0 fully saturated rings. The van der Waals surface area contributed by atoms with Crippen LogP contribution in [0.3, 0.4) is 0 Å². The van der Waals surface area contributed by atoms with Crippen molar-refractivity contribution in [3.63, 3.8) is 0 Å². The van der Waals surface area contributed by atoms with Crippen molar-refractivity contribution < 1.29 is 5.11 Å². The number of likely N-dealkylation sites (N-methyl/N-ethyl adjacent to an activating group) is 1. The molecule has 70 valence electrons. The maximum atomic E-state index is 9.56. The summed E-state index contributed by atoms with van der Waals surface area (Å²) in [6, 6.07) is 6.17. The molecule has 0 saturated heterocycles. The van der Waals surface area contributed by atoms with E-state index in [1.54, 1.807) is 0 Å². The molecule has 1 aromatic rings. The minimum Gasteiger partial charge on any atom is -0.379 e. The number of nitrogens with one attached hydrogen (secondary N) is 1. The Balaban J connectivity index is 2.44. The summed E-state index contributed by atoms with van der Waals surface area (Å²) in [5.41, 5.74) is 3.40. The van der Waals surface area contributed by atoms with E-state index in [-0.39, 0.29) is 0 Å². The maximum absolute atomic E-state index is 9.56. The summed E-state index contributed by atoms with van der Waals surface area (Å²) in [6.07, 6.45) is -0.421. The minimum absolute atomic E-state index is 0.421. The molecule has 1 aliphatic rings. The van der Waals surface area contributed by atoms with Gasteiger partial charge in [0, 0.05) is 7.05 Å². The van der Waals surface area contributed by atoms with Crippen LogP contribution in [0.5, 0.6) is 0 Å². The molecule has 1 heterocycles. The number of benzene rings is 1. The second-order valence-corrected chi connectivity index (χ2v) is 3.49. The lowest BCUT2D eigenvalue weighted by Crippen LogP contribution is -2.41. The Morgan fingerprint density at radius 3 is 3.08 bits per heavy atom. The fourth-order valence-electron chi connectivity index (χ4n) is 1.60. The number of anilines is 2. The first-order valence-corrected chi connectivity index (χ1v) is 4.44. The molecule has 1 aliphatic heterocycles. The van der Waals surface area contributed by atoms with E-state index in [4.69, 9.17) is 0 Å². The average Bonchev–Trinajstić information content (AvgIpc) is 2.12. The molecule has 13 heavy (non-hydrogen) atoms. The number of hydrogen-bond donors (Lipinski definition) is 2. The van der Waals surface area contributed by atoms with E-state index < -0.39 is 6.23 Å². The largest absolute Gasteiger partial charge is 0.379 e. The molecule has 2 N–H and O–H groups in total. The van der Waals surface area contributed by atoms with Gasteiger partial charge in [-0.05, 0) is 24.6 Å². The topological polar surface area (TPSA) is 35.5 Å². The lowest BCUT2D eigenvalue weighted by Gasteiger charge is -2.33. The Labute approximate surface area is 78.0 Å². The third-order valence-electron chi connectivity index (χ3n) is 2.45. The molecule has 0 amide bonds. The molecule has 0 saturated carbocycles. The highest BCUT2D eigenvalue weighted by Gasteiger charge is 2.19. The lowest BCUT2D eigenvalue weighted by molar-refractivity contribution is 0.185. The van der Waals surface area contributed by atoms with Crippen LogP contribution in [-0.4, -0.2) is 24.9 Å². The fraction of sp³-hybridized carbons (Fsp3) is 0.400. The van der Waals surface area contributed by atoms with Crippen molar-refractivity contribution in [2.75, 3.05) is 23.8 Å². The quantitative estimate of drug-likeness (QED) is 0.626. The van der Waals surface area contributed by atoms with Gasteiger partial charge in [0.15, 0.2) is 0 Å². The highest BCUT2D eigenvalue weighted by atomic mass is 16.3. The summed E-state index contributed by atoms with van der Waals surface area (Å²) in [6.45, 7) is 2.65. The van der Waals surface area contributed by atoms with Crippen LogP contribution in [-0.2, 0) is 0 Å². The Bertz CT molecular complexity index is 325. The molecule has 1 aromatic carbocycles. The molecule has 3 nitrogen and oxygen atoms in total. The van der Waals surface area contributed by atoms with Crippen molar-refractivity contribution in [1.29, 1.82) is 0 Å². The van der Waals surface area contributed by atoms with E-state index in [1.165, 1.54) is 5.56 Å². The van der Waals surface area contributed by atoms with Crippen LogP contribution < -0.4 is 10.2 Å². The van der Waals surface area contributed by atoms with Crippen molar-refractivity contribution in [3.8, 4) is 0 Å². The van der Waals surface area contributed by atoms with Gasteiger partial charge in [-0.3, -0.25) is 0 Å². The average molecular weight is 178 g/mol. The molecular weight excluding hydrogens is 164 g/mol.